The topological polar surface area (TPSA) is 87.6 Å². The van der Waals surface area contributed by atoms with E-state index in [0.29, 0.717) is 11.9 Å². The smallest absolute Gasteiger partial charge is 0.290 e. The van der Waals surface area contributed by atoms with Crippen LogP contribution in [0.2, 0.25) is 0 Å². The van der Waals surface area contributed by atoms with E-state index >= 15 is 0 Å². The number of carboxylic acid groups (broad SMARTS) is 1. The highest BCUT2D eigenvalue weighted by molar-refractivity contribution is 5.58. The molecule has 1 aliphatic rings. The van der Waals surface area contributed by atoms with Gasteiger partial charge in [0.05, 0.1) is 0 Å². The molecule has 1 saturated heterocycles. The first-order valence-electron chi connectivity index (χ1n) is 9.11. The molecule has 4 rings (SSSR count). The average Bonchev–Trinajstić information content (AvgIpc) is 3.35. The van der Waals surface area contributed by atoms with E-state index in [0.717, 1.165) is 43.3 Å². The van der Waals surface area contributed by atoms with Crippen molar-refractivity contribution >= 4 is 6.47 Å². The van der Waals surface area contributed by atoms with E-state index < -0.39 is 0 Å². The molecule has 8 heteroatoms. The molecule has 0 bridgehead atoms. The number of likely N-dealkylation sites (N-methyl/N-ethyl adjacent to an activating group) is 2. The maximum atomic E-state index is 8.36. The molecule has 0 saturated carbocycles. The first kappa shape index (κ1) is 19.8. The second kappa shape index (κ2) is 9.29. The lowest BCUT2D eigenvalue weighted by atomic mass is 10.2. The fourth-order valence-corrected chi connectivity index (χ4v) is 3.31. The SMILES string of the molecule is CN1CCN(C)C(Cn2ccnc2-c2coc(-c3ccccc3)n2)C1.O=CO. The van der Waals surface area contributed by atoms with Crippen LogP contribution >= 0.6 is 0 Å². The number of benzene rings is 1. The summed E-state index contributed by atoms with van der Waals surface area (Å²) in [5.74, 6) is 1.48. The standard InChI is InChI=1S/C19H23N5O.CH2O2/c1-22-10-11-23(2)16(12-22)13-24-9-8-20-18(24)17-14-25-19(21-17)15-6-4-3-5-7-15;2-1-3/h3-9,14,16H,10-13H2,1-2H3;1H,(H,2,3). The van der Waals surface area contributed by atoms with Gasteiger partial charge in [0.25, 0.3) is 6.47 Å². The van der Waals surface area contributed by atoms with Gasteiger partial charge >= 0.3 is 0 Å². The van der Waals surface area contributed by atoms with Crippen molar-refractivity contribution in [3.8, 4) is 23.0 Å². The van der Waals surface area contributed by atoms with Crippen LogP contribution in [0.3, 0.4) is 0 Å². The lowest BCUT2D eigenvalue weighted by Crippen LogP contribution is -2.51. The number of oxazole rings is 1. The van der Waals surface area contributed by atoms with Gasteiger partial charge in [-0.2, -0.15) is 0 Å². The van der Waals surface area contributed by atoms with E-state index in [1.54, 1.807) is 6.26 Å². The van der Waals surface area contributed by atoms with Crippen molar-refractivity contribution in [1.82, 2.24) is 24.3 Å². The van der Waals surface area contributed by atoms with Crippen molar-refractivity contribution in [2.24, 2.45) is 0 Å². The molecule has 1 aromatic carbocycles. The van der Waals surface area contributed by atoms with Gasteiger partial charge in [-0.1, -0.05) is 18.2 Å². The number of rotatable bonds is 4. The van der Waals surface area contributed by atoms with Gasteiger partial charge in [-0.15, -0.1) is 0 Å². The molecule has 148 valence electrons. The molecule has 1 atom stereocenters. The van der Waals surface area contributed by atoms with Crippen LogP contribution in [0.4, 0.5) is 0 Å². The quantitative estimate of drug-likeness (QED) is 0.691. The van der Waals surface area contributed by atoms with Gasteiger partial charge in [-0.25, -0.2) is 9.97 Å². The Morgan fingerprint density at radius 3 is 2.75 bits per heavy atom. The minimum atomic E-state index is -0.250. The van der Waals surface area contributed by atoms with Crippen molar-refractivity contribution in [3.05, 3.63) is 49.0 Å². The van der Waals surface area contributed by atoms with Gasteiger partial charge in [-0.3, -0.25) is 9.69 Å². The number of piperazine rings is 1. The maximum absolute atomic E-state index is 8.36. The number of hydrogen-bond acceptors (Lipinski definition) is 6. The van der Waals surface area contributed by atoms with Crippen LogP contribution in [0.15, 0.2) is 53.4 Å². The predicted octanol–water partition coefficient (Wildman–Crippen LogP) is 2.15. The number of aromatic nitrogens is 3. The molecule has 0 radical (unpaired) electrons. The summed E-state index contributed by atoms with van der Waals surface area (Å²) in [7, 11) is 4.37. The molecule has 8 nitrogen and oxygen atoms in total. The average molecular weight is 383 g/mol. The minimum Gasteiger partial charge on any atom is -0.483 e. The van der Waals surface area contributed by atoms with Gasteiger partial charge < -0.3 is 19.0 Å². The van der Waals surface area contributed by atoms with Gasteiger partial charge in [0.15, 0.2) is 5.82 Å². The highest BCUT2D eigenvalue weighted by Gasteiger charge is 2.24. The number of imidazole rings is 1. The molecule has 0 aliphatic carbocycles. The van der Waals surface area contributed by atoms with E-state index in [1.807, 2.05) is 42.7 Å². The molecule has 1 N–H and O–H groups in total. The zero-order valence-electron chi connectivity index (χ0n) is 16.1. The molecule has 1 aliphatic heterocycles. The Kier molecular flexibility index (Phi) is 6.57. The largest absolute Gasteiger partial charge is 0.483 e. The van der Waals surface area contributed by atoms with Crippen molar-refractivity contribution < 1.29 is 14.3 Å². The molecule has 1 unspecified atom stereocenters. The van der Waals surface area contributed by atoms with E-state index in [1.165, 1.54) is 0 Å². The first-order chi connectivity index (χ1) is 13.6. The Labute approximate surface area is 164 Å². The highest BCUT2D eigenvalue weighted by Crippen LogP contribution is 2.24. The normalized spacial score (nSPS) is 17.7. The van der Waals surface area contributed by atoms with Gasteiger partial charge in [0.2, 0.25) is 5.89 Å². The first-order valence-corrected chi connectivity index (χ1v) is 9.11. The molecular formula is C20H25N5O3. The zero-order chi connectivity index (χ0) is 19.9. The second-order valence-electron chi connectivity index (χ2n) is 6.81. The van der Waals surface area contributed by atoms with Gasteiger partial charge in [0, 0.05) is 50.2 Å². The maximum Gasteiger partial charge on any atom is 0.290 e. The summed E-state index contributed by atoms with van der Waals surface area (Å²) in [6, 6.07) is 10.4. The van der Waals surface area contributed by atoms with Crippen LogP contribution in [-0.4, -0.2) is 75.7 Å². The number of carbonyl (C=O) groups is 1. The van der Waals surface area contributed by atoms with Crippen LogP contribution < -0.4 is 0 Å². The third-order valence-corrected chi connectivity index (χ3v) is 4.86. The molecule has 28 heavy (non-hydrogen) atoms. The summed E-state index contributed by atoms with van der Waals surface area (Å²) in [6.07, 6.45) is 5.55. The van der Waals surface area contributed by atoms with Crippen molar-refractivity contribution in [3.63, 3.8) is 0 Å². The molecule has 3 heterocycles. The van der Waals surface area contributed by atoms with Crippen molar-refractivity contribution in [1.29, 1.82) is 0 Å². The van der Waals surface area contributed by atoms with E-state index in [9.17, 15) is 0 Å². The van der Waals surface area contributed by atoms with Crippen LogP contribution in [-0.2, 0) is 11.3 Å². The van der Waals surface area contributed by atoms with Crippen LogP contribution in [0.1, 0.15) is 0 Å². The predicted molar refractivity (Wildman–Crippen MR) is 106 cm³/mol. The van der Waals surface area contributed by atoms with Crippen LogP contribution in [0.25, 0.3) is 23.0 Å². The van der Waals surface area contributed by atoms with E-state index in [-0.39, 0.29) is 6.47 Å². The lowest BCUT2D eigenvalue weighted by Gasteiger charge is -2.38. The van der Waals surface area contributed by atoms with E-state index in [2.05, 4.69) is 38.4 Å². The summed E-state index contributed by atoms with van der Waals surface area (Å²) in [5.41, 5.74) is 1.75. The van der Waals surface area contributed by atoms with Crippen LogP contribution in [0, 0.1) is 0 Å². The van der Waals surface area contributed by atoms with Gasteiger partial charge in [0.1, 0.15) is 12.0 Å². The second-order valence-corrected chi connectivity index (χ2v) is 6.81. The fourth-order valence-electron chi connectivity index (χ4n) is 3.31. The monoisotopic (exact) mass is 383 g/mol. The third kappa shape index (κ3) is 4.65. The Balaban J connectivity index is 0.000000706. The Morgan fingerprint density at radius 2 is 2.00 bits per heavy atom. The Bertz CT molecular complexity index is 877. The molecule has 2 aromatic heterocycles. The number of hydrogen-bond donors (Lipinski definition) is 1. The number of nitrogens with zero attached hydrogens (tertiary/aromatic N) is 5. The van der Waals surface area contributed by atoms with Crippen LogP contribution in [0.5, 0.6) is 0 Å². The molecular weight excluding hydrogens is 358 g/mol. The minimum absolute atomic E-state index is 0.250. The van der Waals surface area contributed by atoms with Crippen molar-refractivity contribution in [2.75, 3.05) is 33.7 Å². The molecule has 0 spiro atoms. The zero-order valence-corrected chi connectivity index (χ0v) is 16.1. The third-order valence-electron chi connectivity index (χ3n) is 4.86. The fraction of sp³-hybridized carbons (Fsp3) is 0.350. The van der Waals surface area contributed by atoms with Gasteiger partial charge in [-0.05, 0) is 26.2 Å². The summed E-state index contributed by atoms with van der Waals surface area (Å²) >= 11 is 0. The van der Waals surface area contributed by atoms with Crippen molar-refractivity contribution in [2.45, 2.75) is 12.6 Å². The van der Waals surface area contributed by atoms with E-state index in [4.69, 9.17) is 14.3 Å². The Morgan fingerprint density at radius 1 is 1.25 bits per heavy atom. The highest BCUT2D eigenvalue weighted by atomic mass is 16.3. The summed E-state index contributed by atoms with van der Waals surface area (Å²) in [4.78, 5) is 22.3. The summed E-state index contributed by atoms with van der Waals surface area (Å²) in [5, 5.41) is 6.89. The molecule has 0 amide bonds. The lowest BCUT2D eigenvalue weighted by molar-refractivity contribution is -0.122. The summed E-state index contributed by atoms with van der Waals surface area (Å²) < 4.78 is 7.85. The molecule has 3 aromatic rings. The molecule has 1 fully saturated rings. The Hall–Kier alpha value is -2.97. The summed E-state index contributed by atoms with van der Waals surface area (Å²) in [6.45, 7) is 3.91.